The summed E-state index contributed by atoms with van der Waals surface area (Å²) >= 11 is 6.71. The molecule has 0 atom stereocenters. The third-order valence-electron chi connectivity index (χ3n) is 5.59. The van der Waals surface area contributed by atoms with E-state index in [4.69, 9.17) is 22.1 Å². The average molecular weight is 510 g/mol. The summed E-state index contributed by atoms with van der Waals surface area (Å²) in [5, 5.41) is 4.88. The van der Waals surface area contributed by atoms with Gasteiger partial charge in [0.15, 0.2) is 0 Å². The molecule has 36 heavy (non-hydrogen) atoms. The van der Waals surface area contributed by atoms with E-state index >= 15 is 0 Å². The van der Waals surface area contributed by atoms with Crippen LogP contribution in [0.1, 0.15) is 11.1 Å². The molecule has 1 amide bonds. The Morgan fingerprint density at radius 3 is 2.50 bits per heavy atom. The summed E-state index contributed by atoms with van der Waals surface area (Å²) in [6.45, 7) is 4.59. The van der Waals surface area contributed by atoms with E-state index in [1.54, 1.807) is 11.0 Å². The van der Waals surface area contributed by atoms with E-state index in [1.807, 2.05) is 102 Å². The van der Waals surface area contributed by atoms with Crippen LogP contribution in [-0.2, 0) is 11.4 Å². The first-order valence-corrected chi connectivity index (χ1v) is 12.6. The number of thioether (sulfide) groups is 1. The second kappa shape index (κ2) is 10.8. The normalized spacial score (nSPS) is 14.4. The number of rotatable bonds is 8. The molecule has 5 nitrogen and oxygen atoms in total. The molecule has 0 bridgehead atoms. The number of amides is 1. The molecule has 0 spiro atoms. The minimum absolute atomic E-state index is 0.122. The summed E-state index contributed by atoms with van der Waals surface area (Å²) in [5.74, 6) is 0.622. The van der Waals surface area contributed by atoms with Crippen molar-refractivity contribution in [1.82, 2.24) is 14.7 Å². The van der Waals surface area contributed by atoms with Crippen LogP contribution >= 0.6 is 24.0 Å². The fraction of sp³-hybridized carbons (Fsp3) is 0.0690. The Morgan fingerprint density at radius 1 is 1.00 bits per heavy atom. The molecule has 1 aliphatic heterocycles. The summed E-state index contributed by atoms with van der Waals surface area (Å²) < 4.78 is 8.40. The van der Waals surface area contributed by atoms with Crippen molar-refractivity contribution in [2.75, 3.05) is 6.54 Å². The molecule has 0 radical (unpaired) electrons. The van der Waals surface area contributed by atoms with Gasteiger partial charge in [0.25, 0.3) is 5.91 Å². The largest absolute Gasteiger partial charge is 0.489 e. The molecule has 0 unspecified atom stereocenters. The Hall–Kier alpha value is -3.94. The molecule has 3 aromatic carbocycles. The number of ether oxygens (including phenoxy) is 1. The molecule has 7 heteroatoms. The van der Waals surface area contributed by atoms with Gasteiger partial charge in [0, 0.05) is 23.9 Å². The number of benzene rings is 3. The Balaban J connectivity index is 1.51. The first-order chi connectivity index (χ1) is 17.6. The van der Waals surface area contributed by atoms with Crippen LogP contribution < -0.4 is 4.74 Å². The number of aromatic nitrogens is 2. The highest BCUT2D eigenvalue weighted by atomic mass is 32.2. The molecule has 0 aliphatic carbocycles. The maximum atomic E-state index is 13.0. The van der Waals surface area contributed by atoms with Crippen molar-refractivity contribution < 1.29 is 9.53 Å². The highest BCUT2D eigenvalue weighted by molar-refractivity contribution is 8.26. The van der Waals surface area contributed by atoms with Crippen molar-refractivity contribution in [1.29, 1.82) is 0 Å². The number of thiocarbonyl (C=S) groups is 1. The van der Waals surface area contributed by atoms with Crippen molar-refractivity contribution in [2.45, 2.75) is 6.61 Å². The van der Waals surface area contributed by atoms with Gasteiger partial charge in [0.05, 0.1) is 10.6 Å². The average Bonchev–Trinajstić information content (AvgIpc) is 3.45. The van der Waals surface area contributed by atoms with Gasteiger partial charge in [-0.2, -0.15) is 5.10 Å². The van der Waals surface area contributed by atoms with Crippen molar-refractivity contribution >= 4 is 40.3 Å². The molecule has 0 N–H and O–H groups in total. The highest BCUT2D eigenvalue weighted by Gasteiger charge is 2.31. The molecule has 1 aliphatic rings. The summed E-state index contributed by atoms with van der Waals surface area (Å²) in [5.41, 5.74) is 4.48. The highest BCUT2D eigenvalue weighted by Crippen LogP contribution is 2.35. The second-order valence-electron chi connectivity index (χ2n) is 8.10. The fourth-order valence-corrected chi connectivity index (χ4v) is 5.10. The Bertz CT molecular complexity index is 1450. The molecule has 1 aromatic heterocycles. The lowest BCUT2D eigenvalue weighted by Crippen LogP contribution is -2.27. The zero-order valence-corrected chi connectivity index (χ0v) is 21.0. The van der Waals surface area contributed by atoms with Crippen LogP contribution in [0.4, 0.5) is 0 Å². The number of hydrogen-bond acceptors (Lipinski definition) is 5. The van der Waals surface area contributed by atoms with Gasteiger partial charge in [-0.1, -0.05) is 90.7 Å². The lowest BCUT2D eigenvalue weighted by atomic mass is 10.1. The zero-order valence-electron chi connectivity index (χ0n) is 19.4. The summed E-state index contributed by atoms with van der Waals surface area (Å²) in [6, 6.07) is 27.8. The number of nitrogens with zero attached hydrogens (tertiary/aromatic N) is 3. The van der Waals surface area contributed by atoms with E-state index in [9.17, 15) is 4.79 Å². The van der Waals surface area contributed by atoms with Crippen LogP contribution in [0.2, 0.25) is 0 Å². The van der Waals surface area contributed by atoms with Gasteiger partial charge in [0.2, 0.25) is 0 Å². The SMILES string of the molecule is C=CCN1C(=O)C(=Cc2cn(-c3ccccc3)nc2-c2cccc(OCc3ccccc3)c2)SC1=S. The lowest BCUT2D eigenvalue weighted by molar-refractivity contribution is -0.121. The molecule has 178 valence electrons. The predicted octanol–water partition coefficient (Wildman–Crippen LogP) is 6.51. The first kappa shape index (κ1) is 23.8. The van der Waals surface area contributed by atoms with E-state index in [2.05, 4.69) is 6.58 Å². The Labute approximate surface area is 219 Å². The number of carbonyl (C=O) groups is 1. The van der Waals surface area contributed by atoms with Gasteiger partial charge in [-0.05, 0) is 35.9 Å². The fourth-order valence-electron chi connectivity index (χ4n) is 3.83. The first-order valence-electron chi connectivity index (χ1n) is 11.4. The third kappa shape index (κ3) is 5.17. The standard InChI is InChI=1S/C29H23N3O2S2/c1-2-16-31-28(33)26(36-29(31)35)18-23-19-32(24-13-7-4-8-14-24)30-27(23)22-12-9-15-25(17-22)34-20-21-10-5-3-6-11-21/h2-15,17-19H,1,16,20H2. The maximum Gasteiger partial charge on any atom is 0.266 e. The van der Waals surface area contributed by atoms with Crippen LogP contribution in [0.15, 0.2) is 109 Å². The van der Waals surface area contributed by atoms with E-state index in [1.165, 1.54) is 11.8 Å². The van der Waals surface area contributed by atoms with Crippen molar-refractivity contribution in [3.63, 3.8) is 0 Å². The van der Waals surface area contributed by atoms with Crippen LogP contribution in [0.25, 0.3) is 23.0 Å². The predicted molar refractivity (Wildman–Crippen MR) is 150 cm³/mol. The van der Waals surface area contributed by atoms with Crippen LogP contribution in [0.3, 0.4) is 0 Å². The summed E-state index contributed by atoms with van der Waals surface area (Å²) in [6.07, 6.45) is 5.47. The van der Waals surface area contributed by atoms with Gasteiger partial charge in [-0.25, -0.2) is 4.68 Å². The molecule has 2 heterocycles. The summed E-state index contributed by atoms with van der Waals surface area (Å²) in [7, 11) is 0. The quantitative estimate of drug-likeness (QED) is 0.154. The van der Waals surface area contributed by atoms with E-state index in [0.717, 1.165) is 33.8 Å². The van der Waals surface area contributed by atoms with E-state index in [-0.39, 0.29) is 5.91 Å². The Kier molecular flexibility index (Phi) is 7.11. The monoisotopic (exact) mass is 509 g/mol. The van der Waals surface area contributed by atoms with Gasteiger partial charge < -0.3 is 4.74 Å². The molecule has 1 saturated heterocycles. The molecular weight excluding hydrogens is 486 g/mol. The minimum atomic E-state index is -0.122. The lowest BCUT2D eigenvalue weighted by Gasteiger charge is -2.10. The molecule has 5 rings (SSSR count). The third-order valence-corrected chi connectivity index (χ3v) is 6.97. The topological polar surface area (TPSA) is 47.4 Å². The van der Waals surface area contributed by atoms with Crippen molar-refractivity contribution in [3.8, 4) is 22.7 Å². The van der Waals surface area contributed by atoms with Gasteiger partial charge in [-0.15, -0.1) is 6.58 Å². The van der Waals surface area contributed by atoms with Crippen molar-refractivity contribution in [2.24, 2.45) is 0 Å². The number of para-hydroxylation sites is 1. The van der Waals surface area contributed by atoms with Gasteiger partial charge >= 0.3 is 0 Å². The van der Waals surface area contributed by atoms with Gasteiger partial charge in [0.1, 0.15) is 22.4 Å². The van der Waals surface area contributed by atoms with Crippen LogP contribution in [-0.4, -0.2) is 31.5 Å². The second-order valence-corrected chi connectivity index (χ2v) is 9.77. The molecule has 0 saturated carbocycles. The minimum Gasteiger partial charge on any atom is -0.489 e. The smallest absolute Gasteiger partial charge is 0.266 e. The van der Waals surface area contributed by atoms with Crippen molar-refractivity contribution in [3.05, 3.63) is 120 Å². The number of carbonyl (C=O) groups excluding carboxylic acids is 1. The van der Waals surface area contributed by atoms with Gasteiger partial charge in [-0.3, -0.25) is 9.69 Å². The zero-order chi connectivity index (χ0) is 24.9. The van der Waals surface area contributed by atoms with Crippen LogP contribution in [0, 0.1) is 0 Å². The Morgan fingerprint density at radius 2 is 1.75 bits per heavy atom. The van der Waals surface area contributed by atoms with E-state index < -0.39 is 0 Å². The molecule has 4 aromatic rings. The molecule has 1 fully saturated rings. The molecular formula is C29H23N3O2S2. The number of hydrogen-bond donors (Lipinski definition) is 0. The van der Waals surface area contributed by atoms with E-state index in [0.29, 0.717) is 22.4 Å². The summed E-state index contributed by atoms with van der Waals surface area (Å²) in [4.78, 5) is 15.1. The maximum absolute atomic E-state index is 13.0. The van der Waals surface area contributed by atoms with Crippen LogP contribution in [0.5, 0.6) is 5.75 Å².